The first-order valence-corrected chi connectivity index (χ1v) is 7.34. The molecule has 4 heteroatoms. The monoisotopic (exact) mass is 265 g/mol. The molecule has 0 aromatic carbocycles. The van der Waals surface area contributed by atoms with Gasteiger partial charge < -0.3 is 10.5 Å². The van der Waals surface area contributed by atoms with Crippen LogP contribution in [-0.2, 0) is 17.9 Å². The van der Waals surface area contributed by atoms with Crippen LogP contribution in [0.15, 0.2) is 12.4 Å². The molecule has 1 fully saturated rings. The van der Waals surface area contributed by atoms with Gasteiger partial charge in [0.1, 0.15) is 0 Å². The van der Waals surface area contributed by atoms with E-state index >= 15 is 0 Å². The fourth-order valence-corrected chi connectivity index (χ4v) is 2.68. The molecule has 0 atom stereocenters. The molecule has 0 unspecified atom stereocenters. The average molecular weight is 265 g/mol. The highest BCUT2D eigenvalue weighted by Crippen LogP contribution is 2.41. The van der Waals surface area contributed by atoms with Crippen molar-refractivity contribution in [3.05, 3.63) is 18.0 Å². The molecule has 1 saturated carbocycles. The largest absolute Gasteiger partial charge is 0.369 e. The Balaban J connectivity index is 1.92. The highest BCUT2D eigenvalue weighted by atomic mass is 16.5. The van der Waals surface area contributed by atoms with Gasteiger partial charge in [-0.05, 0) is 38.0 Å². The first-order chi connectivity index (χ1) is 8.99. The summed E-state index contributed by atoms with van der Waals surface area (Å²) in [6.45, 7) is 8.89. The van der Waals surface area contributed by atoms with Crippen molar-refractivity contribution in [2.75, 3.05) is 6.54 Å². The lowest BCUT2D eigenvalue weighted by Crippen LogP contribution is -2.45. The number of rotatable bonds is 5. The molecule has 1 aromatic rings. The summed E-state index contributed by atoms with van der Waals surface area (Å²) >= 11 is 0. The van der Waals surface area contributed by atoms with E-state index in [-0.39, 0.29) is 5.60 Å². The third-order valence-corrected chi connectivity index (χ3v) is 4.44. The minimum Gasteiger partial charge on any atom is -0.369 e. The highest BCUT2D eigenvalue weighted by molar-refractivity contribution is 5.03. The van der Waals surface area contributed by atoms with Gasteiger partial charge in [-0.25, -0.2) is 0 Å². The number of nitrogens with zero attached hydrogens (tertiary/aromatic N) is 2. The Morgan fingerprint density at radius 3 is 2.53 bits per heavy atom. The van der Waals surface area contributed by atoms with Gasteiger partial charge in [-0.15, -0.1) is 0 Å². The molecule has 108 valence electrons. The van der Waals surface area contributed by atoms with Gasteiger partial charge in [0.15, 0.2) is 0 Å². The Kier molecular flexibility index (Phi) is 4.31. The maximum Gasteiger partial charge on any atom is 0.0809 e. The molecule has 0 bridgehead atoms. The van der Waals surface area contributed by atoms with Crippen LogP contribution in [0, 0.1) is 5.41 Å². The van der Waals surface area contributed by atoms with Crippen LogP contribution >= 0.6 is 0 Å². The van der Waals surface area contributed by atoms with Crippen LogP contribution in [0.5, 0.6) is 0 Å². The van der Waals surface area contributed by atoms with Gasteiger partial charge >= 0.3 is 0 Å². The van der Waals surface area contributed by atoms with Gasteiger partial charge in [-0.2, -0.15) is 5.10 Å². The van der Waals surface area contributed by atoms with Crippen LogP contribution in [0.4, 0.5) is 0 Å². The summed E-state index contributed by atoms with van der Waals surface area (Å²) in [7, 11) is 0. The summed E-state index contributed by atoms with van der Waals surface area (Å²) in [6, 6.07) is 0. The Bertz CT molecular complexity index is 401. The maximum atomic E-state index is 6.18. The zero-order valence-corrected chi connectivity index (χ0v) is 12.5. The van der Waals surface area contributed by atoms with E-state index in [0.717, 1.165) is 24.9 Å². The van der Waals surface area contributed by atoms with Crippen LogP contribution in [0.3, 0.4) is 0 Å². The van der Waals surface area contributed by atoms with E-state index in [9.17, 15) is 0 Å². The zero-order chi connectivity index (χ0) is 13.9. The summed E-state index contributed by atoms with van der Waals surface area (Å²) in [6.07, 6.45) is 8.46. The van der Waals surface area contributed by atoms with Crippen molar-refractivity contribution in [2.24, 2.45) is 11.1 Å². The van der Waals surface area contributed by atoms with Gasteiger partial charge in [0, 0.05) is 24.8 Å². The number of hydrogen-bond acceptors (Lipinski definition) is 3. The molecular formula is C15H27N3O. The number of aryl methyl sites for hydroxylation is 1. The number of aromatic nitrogens is 2. The molecule has 0 spiro atoms. The molecule has 0 radical (unpaired) electrons. The predicted octanol–water partition coefficient (Wildman–Crippen LogP) is 2.72. The van der Waals surface area contributed by atoms with Crippen molar-refractivity contribution in [3.63, 3.8) is 0 Å². The first kappa shape index (κ1) is 14.5. The molecular weight excluding hydrogens is 238 g/mol. The van der Waals surface area contributed by atoms with E-state index in [4.69, 9.17) is 10.5 Å². The Hall–Kier alpha value is -0.870. The molecule has 4 nitrogen and oxygen atoms in total. The van der Waals surface area contributed by atoms with Crippen LogP contribution in [0.1, 0.15) is 52.0 Å². The molecule has 2 rings (SSSR count). The van der Waals surface area contributed by atoms with Crippen molar-refractivity contribution >= 4 is 0 Å². The lowest BCUT2D eigenvalue weighted by Gasteiger charge is -2.42. The minimum absolute atomic E-state index is 0.121. The van der Waals surface area contributed by atoms with Crippen molar-refractivity contribution in [1.82, 2.24) is 9.78 Å². The second-order valence-corrected chi connectivity index (χ2v) is 6.54. The third-order valence-electron chi connectivity index (χ3n) is 4.44. The molecule has 1 aliphatic rings. The molecule has 1 aromatic heterocycles. The van der Waals surface area contributed by atoms with Gasteiger partial charge in [-0.1, -0.05) is 13.8 Å². The second-order valence-electron chi connectivity index (χ2n) is 6.54. The van der Waals surface area contributed by atoms with Crippen LogP contribution in [-0.4, -0.2) is 21.9 Å². The molecule has 2 N–H and O–H groups in total. The van der Waals surface area contributed by atoms with Crippen LogP contribution < -0.4 is 5.73 Å². The molecule has 0 saturated heterocycles. The number of ether oxygens (including phenoxy) is 1. The first-order valence-electron chi connectivity index (χ1n) is 7.34. The third kappa shape index (κ3) is 3.57. The summed E-state index contributed by atoms with van der Waals surface area (Å²) in [5.74, 6) is 0. The van der Waals surface area contributed by atoms with E-state index in [1.165, 1.54) is 12.8 Å². The van der Waals surface area contributed by atoms with Crippen molar-refractivity contribution < 1.29 is 4.74 Å². The smallest absolute Gasteiger partial charge is 0.0809 e. The standard InChI is InChI=1S/C15H27N3O/c1-4-18-10-13(9-17-18)11-19-15(12-16)7-5-14(2,3)6-8-15/h9-10H,4-8,11-12,16H2,1-3H3. The lowest BCUT2D eigenvalue weighted by molar-refractivity contribution is -0.0904. The Labute approximate surface area is 116 Å². The van der Waals surface area contributed by atoms with Crippen molar-refractivity contribution in [2.45, 2.75) is 65.2 Å². The van der Waals surface area contributed by atoms with Crippen LogP contribution in [0.2, 0.25) is 0 Å². The van der Waals surface area contributed by atoms with E-state index in [2.05, 4.69) is 32.1 Å². The average Bonchev–Trinajstić information content (AvgIpc) is 2.86. The fourth-order valence-electron chi connectivity index (χ4n) is 2.68. The summed E-state index contributed by atoms with van der Waals surface area (Å²) in [5, 5.41) is 4.28. The van der Waals surface area contributed by atoms with Gasteiger partial charge in [0.25, 0.3) is 0 Å². The number of hydrogen-bond donors (Lipinski definition) is 1. The summed E-state index contributed by atoms with van der Waals surface area (Å²) in [4.78, 5) is 0. The summed E-state index contributed by atoms with van der Waals surface area (Å²) < 4.78 is 8.11. The quantitative estimate of drug-likeness (QED) is 0.890. The van der Waals surface area contributed by atoms with Crippen molar-refractivity contribution in [1.29, 1.82) is 0 Å². The van der Waals surface area contributed by atoms with Gasteiger partial charge in [0.05, 0.1) is 18.4 Å². The van der Waals surface area contributed by atoms with E-state index in [1.807, 2.05) is 10.9 Å². The predicted molar refractivity (Wildman–Crippen MR) is 76.7 cm³/mol. The molecule has 0 amide bonds. The summed E-state index contributed by atoms with van der Waals surface area (Å²) in [5.41, 5.74) is 7.43. The fraction of sp³-hybridized carbons (Fsp3) is 0.800. The zero-order valence-electron chi connectivity index (χ0n) is 12.5. The highest BCUT2D eigenvalue weighted by Gasteiger charge is 2.38. The van der Waals surface area contributed by atoms with Crippen molar-refractivity contribution in [3.8, 4) is 0 Å². The van der Waals surface area contributed by atoms with E-state index in [0.29, 0.717) is 18.6 Å². The SMILES string of the molecule is CCn1cc(COC2(CN)CCC(C)(C)CC2)cn1. The molecule has 1 aliphatic carbocycles. The topological polar surface area (TPSA) is 53.1 Å². The van der Waals surface area contributed by atoms with Crippen LogP contribution in [0.25, 0.3) is 0 Å². The normalized spacial score (nSPS) is 21.5. The molecule has 1 heterocycles. The Morgan fingerprint density at radius 2 is 2.00 bits per heavy atom. The minimum atomic E-state index is -0.121. The number of nitrogens with two attached hydrogens (primary N) is 1. The van der Waals surface area contributed by atoms with Gasteiger partial charge in [0.2, 0.25) is 0 Å². The molecule has 19 heavy (non-hydrogen) atoms. The second kappa shape index (κ2) is 5.63. The molecule has 0 aliphatic heterocycles. The maximum absolute atomic E-state index is 6.18. The van der Waals surface area contributed by atoms with Gasteiger partial charge in [-0.3, -0.25) is 4.68 Å². The van der Waals surface area contributed by atoms with E-state index < -0.39 is 0 Å². The lowest BCUT2D eigenvalue weighted by atomic mass is 9.71. The Morgan fingerprint density at radius 1 is 1.32 bits per heavy atom. The van der Waals surface area contributed by atoms with E-state index in [1.54, 1.807) is 0 Å².